The number of aryl methyl sites for hydroxylation is 3. The van der Waals surface area contributed by atoms with Crippen molar-refractivity contribution in [1.29, 1.82) is 0 Å². The summed E-state index contributed by atoms with van der Waals surface area (Å²) >= 11 is 3.07. The number of benzene rings is 1. The van der Waals surface area contributed by atoms with E-state index in [2.05, 4.69) is 20.3 Å². The SMILES string of the molecule is Cc1nc(SCCC(=O)Nc2nc(C)c(C)s2)cc(-c2ccccc2)n1. The Morgan fingerprint density at radius 1 is 1.12 bits per heavy atom. The fourth-order valence-corrected chi connectivity index (χ4v) is 4.05. The first kappa shape index (κ1) is 18.5. The molecule has 0 radical (unpaired) electrons. The third kappa shape index (κ3) is 4.89. The second kappa shape index (κ2) is 8.42. The van der Waals surface area contributed by atoms with Crippen molar-refractivity contribution >= 4 is 34.1 Å². The number of hydrogen-bond donors (Lipinski definition) is 1. The molecule has 7 heteroatoms. The Morgan fingerprint density at radius 2 is 1.88 bits per heavy atom. The Hall–Kier alpha value is -2.25. The van der Waals surface area contributed by atoms with E-state index in [1.54, 1.807) is 11.8 Å². The number of carbonyl (C=O) groups is 1. The standard InChI is InChI=1S/C19H20N4OS2/c1-12-13(2)26-19(20-12)23-17(24)9-10-25-18-11-16(21-14(3)22-18)15-7-5-4-6-8-15/h4-8,11H,9-10H2,1-3H3,(H,20,23,24). The van der Waals surface area contributed by atoms with Crippen LogP contribution in [0.5, 0.6) is 0 Å². The molecule has 1 aromatic carbocycles. The molecular formula is C19H20N4OS2. The topological polar surface area (TPSA) is 67.8 Å². The van der Waals surface area contributed by atoms with Gasteiger partial charge in [-0.25, -0.2) is 15.0 Å². The number of thiazole rings is 1. The first-order chi connectivity index (χ1) is 12.5. The van der Waals surface area contributed by atoms with Gasteiger partial charge in [0.2, 0.25) is 5.91 Å². The number of nitrogens with one attached hydrogen (secondary N) is 1. The summed E-state index contributed by atoms with van der Waals surface area (Å²) in [5.74, 6) is 1.35. The first-order valence-corrected chi connectivity index (χ1v) is 10.1. The molecule has 26 heavy (non-hydrogen) atoms. The van der Waals surface area contributed by atoms with Gasteiger partial charge in [-0.05, 0) is 26.8 Å². The van der Waals surface area contributed by atoms with E-state index in [1.807, 2.05) is 57.2 Å². The lowest BCUT2D eigenvalue weighted by atomic mass is 10.1. The molecule has 0 atom stereocenters. The summed E-state index contributed by atoms with van der Waals surface area (Å²) in [6, 6.07) is 12.0. The number of nitrogens with zero attached hydrogens (tertiary/aromatic N) is 3. The summed E-state index contributed by atoms with van der Waals surface area (Å²) in [7, 11) is 0. The van der Waals surface area contributed by atoms with Crippen LogP contribution in [-0.4, -0.2) is 26.6 Å². The van der Waals surface area contributed by atoms with Gasteiger partial charge in [0, 0.05) is 22.6 Å². The van der Waals surface area contributed by atoms with Gasteiger partial charge < -0.3 is 5.32 Å². The molecule has 0 aliphatic heterocycles. The molecule has 2 heterocycles. The van der Waals surface area contributed by atoms with Crippen LogP contribution in [-0.2, 0) is 4.79 Å². The lowest BCUT2D eigenvalue weighted by Crippen LogP contribution is -2.12. The highest BCUT2D eigenvalue weighted by Crippen LogP contribution is 2.24. The van der Waals surface area contributed by atoms with Crippen LogP contribution >= 0.6 is 23.1 Å². The van der Waals surface area contributed by atoms with Gasteiger partial charge in [-0.3, -0.25) is 4.79 Å². The molecule has 0 bridgehead atoms. The molecular weight excluding hydrogens is 364 g/mol. The van der Waals surface area contributed by atoms with Gasteiger partial charge in [-0.15, -0.1) is 23.1 Å². The quantitative estimate of drug-likeness (QED) is 0.495. The summed E-state index contributed by atoms with van der Waals surface area (Å²) in [5.41, 5.74) is 2.93. The smallest absolute Gasteiger partial charge is 0.226 e. The zero-order valence-corrected chi connectivity index (χ0v) is 16.6. The van der Waals surface area contributed by atoms with Gasteiger partial charge in [0.25, 0.3) is 0 Å². The monoisotopic (exact) mass is 384 g/mol. The highest BCUT2D eigenvalue weighted by molar-refractivity contribution is 7.99. The number of aromatic nitrogens is 3. The predicted octanol–water partition coefficient (Wildman–Crippen LogP) is 4.65. The minimum absolute atomic E-state index is 0.0275. The Balaban J connectivity index is 1.58. The molecule has 3 aromatic rings. The average Bonchev–Trinajstić information content (AvgIpc) is 2.92. The lowest BCUT2D eigenvalue weighted by molar-refractivity contribution is -0.115. The molecule has 1 N–H and O–H groups in total. The van der Waals surface area contributed by atoms with E-state index in [1.165, 1.54) is 11.3 Å². The molecule has 1 amide bonds. The maximum Gasteiger partial charge on any atom is 0.226 e. The predicted molar refractivity (Wildman–Crippen MR) is 108 cm³/mol. The molecule has 134 valence electrons. The zero-order valence-electron chi connectivity index (χ0n) is 14.9. The highest BCUT2D eigenvalue weighted by atomic mass is 32.2. The minimum Gasteiger partial charge on any atom is -0.302 e. The highest BCUT2D eigenvalue weighted by Gasteiger charge is 2.09. The fourth-order valence-electron chi connectivity index (χ4n) is 2.33. The van der Waals surface area contributed by atoms with Crippen molar-refractivity contribution in [3.05, 3.63) is 52.8 Å². The van der Waals surface area contributed by atoms with Crippen LogP contribution in [0.1, 0.15) is 22.8 Å². The van der Waals surface area contributed by atoms with Gasteiger partial charge in [0.05, 0.1) is 11.4 Å². The second-order valence-corrected chi connectivity index (χ2v) is 8.13. The van der Waals surface area contributed by atoms with Gasteiger partial charge in [-0.2, -0.15) is 0 Å². The molecule has 0 unspecified atom stereocenters. The molecule has 0 aliphatic rings. The average molecular weight is 385 g/mol. The van der Waals surface area contributed by atoms with Crippen molar-refractivity contribution in [3.8, 4) is 11.3 Å². The largest absolute Gasteiger partial charge is 0.302 e. The Kier molecular flexibility index (Phi) is 6.00. The fraction of sp³-hybridized carbons (Fsp3) is 0.263. The van der Waals surface area contributed by atoms with Gasteiger partial charge in [-0.1, -0.05) is 30.3 Å². The van der Waals surface area contributed by atoms with E-state index in [-0.39, 0.29) is 5.91 Å². The molecule has 3 rings (SSSR count). The molecule has 0 saturated carbocycles. The van der Waals surface area contributed by atoms with Crippen LogP contribution in [0.4, 0.5) is 5.13 Å². The van der Waals surface area contributed by atoms with E-state index < -0.39 is 0 Å². The van der Waals surface area contributed by atoms with Crippen LogP contribution in [0.3, 0.4) is 0 Å². The third-order valence-electron chi connectivity index (χ3n) is 3.74. The van der Waals surface area contributed by atoms with Crippen LogP contribution in [0.25, 0.3) is 11.3 Å². The summed E-state index contributed by atoms with van der Waals surface area (Å²) < 4.78 is 0. The molecule has 0 spiro atoms. The van der Waals surface area contributed by atoms with Crippen LogP contribution in [0.15, 0.2) is 41.4 Å². The maximum absolute atomic E-state index is 12.1. The van der Waals surface area contributed by atoms with Gasteiger partial charge in [0.15, 0.2) is 5.13 Å². The number of anilines is 1. The van der Waals surface area contributed by atoms with Crippen LogP contribution < -0.4 is 5.32 Å². The van der Waals surface area contributed by atoms with Gasteiger partial charge >= 0.3 is 0 Å². The van der Waals surface area contributed by atoms with Crippen molar-refractivity contribution in [2.75, 3.05) is 11.1 Å². The molecule has 0 saturated heterocycles. The summed E-state index contributed by atoms with van der Waals surface area (Å²) in [6.45, 7) is 5.83. The van der Waals surface area contributed by atoms with Crippen LogP contribution in [0, 0.1) is 20.8 Å². The number of carbonyl (C=O) groups excluding carboxylic acids is 1. The normalized spacial score (nSPS) is 10.7. The Morgan fingerprint density at radius 3 is 2.58 bits per heavy atom. The van der Waals surface area contributed by atoms with E-state index in [9.17, 15) is 4.79 Å². The first-order valence-electron chi connectivity index (χ1n) is 8.29. The zero-order chi connectivity index (χ0) is 18.5. The number of rotatable bonds is 6. The van der Waals surface area contributed by atoms with Crippen molar-refractivity contribution in [2.24, 2.45) is 0 Å². The summed E-state index contributed by atoms with van der Waals surface area (Å²) in [6.07, 6.45) is 0.409. The van der Waals surface area contributed by atoms with Crippen molar-refractivity contribution in [1.82, 2.24) is 15.0 Å². The van der Waals surface area contributed by atoms with E-state index in [0.29, 0.717) is 17.3 Å². The minimum atomic E-state index is -0.0275. The van der Waals surface area contributed by atoms with Crippen molar-refractivity contribution in [2.45, 2.75) is 32.2 Å². The van der Waals surface area contributed by atoms with Crippen molar-refractivity contribution < 1.29 is 4.79 Å². The lowest BCUT2D eigenvalue weighted by Gasteiger charge is -2.06. The number of hydrogen-bond acceptors (Lipinski definition) is 6. The second-order valence-electron chi connectivity index (χ2n) is 5.81. The van der Waals surface area contributed by atoms with E-state index in [4.69, 9.17) is 0 Å². The molecule has 5 nitrogen and oxygen atoms in total. The van der Waals surface area contributed by atoms with Crippen LogP contribution in [0.2, 0.25) is 0 Å². The third-order valence-corrected chi connectivity index (χ3v) is 5.64. The van der Waals surface area contributed by atoms with E-state index in [0.717, 1.165) is 32.7 Å². The summed E-state index contributed by atoms with van der Waals surface area (Å²) in [5, 5.41) is 4.41. The number of amides is 1. The summed E-state index contributed by atoms with van der Waals surface area (Å²) in [4.78, 5) is 26.5. The Labute approximate surface area is 161 Å². The Bertz CT molecular complexity index is 890. The molecule has 0 fully saturated rings. The molecule has 2 aromatic heterocycles. The maximum atomic E-state index is 12.1. The van der Waals surface area contributed by atoms with Crippen molar-refractivity contribution in [3.63, 3.8) is 0 Å². The number of thioether (sulfide) groups is 1. The molecule has 0 aliphatic carbocycles. The van der Waals surface area contributed by atoms with Gasteiger partial charge in [0.1, 0.15) is 10.9 Å². The van der Waals surface area contributed by atoms with E-state index >= 15 is 0 Å².